The Morgan fingerprint density at radius 3 is 2.43 bits per heavy atom. The second-order valence-corrected chi connectivity index (χ2v) is 8.02. The molecule has 3 amide bonds. The minimum atomic E-state index is -1.19. The zero-order chi connectivity index (χ0) is 20.8. The number of thiol groups is 1. The molecule has 0 aromatic carbocycles. The Morgan fingerprint density at radius 2 is 1.89 bits per heavy atom. The van der Waals surface area contributed by atoms with Crippen molar-refractivity contribution >= 4 is 36.3 Å². The predicted molar refractivity (Wildman–Crippen MR) is 106 cm³/mol. The number of carboxylic acid groups (broad SMARTS) is 1. The summed E-state index contributed by atoms with van der Waals surface area (Å²) in [7, 11) is 0. The third-order valence-electron chi connectivity index (χ3n) is 5.24. The standard InChI is InChI=1S/C18H30N4O5S/c1-10(2)14(16(24)20-12(9-28)18(26)27)21-15(23)13-6-4-8-22(13)17(25)11-5-3-7-19-11/h10-14,19,28H,3-9H2,1-2H3,(H,20,24)(H,21,23)(H,26,27). The number of nitrogens with one attached hydrogen (secondary N) is 3. The lowest BCUT2D eigenvalue weighted by molar-refractivity contribution is -0.143. The molecular weight excluding hydrogens is 384 g/mol. The number of nitrogens with zero attached hydrogens (tertiary/aromatic N) is 1. The van der Waals surface area contributed by atoms with Gasteiger partial charge in [-0.3, -0.25) is 14.4 Å². The van der Waals surface area contributed by atoms with Gasteiger partial charge in [0.2, 0.25) is 17.7 Å². The van der Waals surface area contributed by atoms with Gasteiger partial charge < -0.3 is 26.0 Å². The fraction of sp³-hybridized carbons (Fsp3) is 0.778. The number of carbonyl (C=O) groups excluding carboxylic acids is 3. The molecule has 10 heteroatoms. The van der Waals surface area contributed by atoms with Gasteiger partial charge in [0.05, 0.1) is 6.04 Å². The molecule has 0 saturated carbocycles. The number of carboxylic acids is 1. The highest BCUT2D eigenvalue weighted by Gasteiger charge is 2.39. The van der Waals surface area contributed by atoms with Crippen molar-refractivity contribution in [2.45, 2.75) is 63.7 Å². The molecule has 9 nitrogen and oxygen atoms in total. The maximum Gasteiger partial charge on any atom is 0.327 e. The molecule has 0 aliphatic carbocycles. The lowest BCUT2D eigenvalue weighted by Gasteiger charge is -2.29. The topological polar surface area (TPSA) is 128 Å². The third kappa shape index (κ3) is 5.38. The molecule has 2 heterocycles. The Morgan fingerprint density at radius 1 is 1.18 bits per heavy atom. The van der Waals surface area contributed by atoms with Crippen molar-refractivity contribution in [3.63, 3.8) is 0 Å². The van der Waals surface area contributed by atoms with Gasteiger partial charge in [-0.2, -0.15) is 12.6 Å². The van der Waals surface area contributed by atoms with E-state index in [-0.39, 0.29) is 29.5 Å². The number of hydrogen-bond donors (Lipinski definition) is 5. The molecule has 0 radical (unpaired) electrons. The van der Waals surface area contributed by atoms with Gasteiger partial charge in [-0.25, -0.2) is 4.79 Å². The summed E-state index contributed by atoms with van der Waals surface area (Å²) < 4.78 is 0. The van der Waals surface area contributed by atoms with Crippen molar-refractivity contribution in [1.29, 1.82) is 0 Å². The molecule has 4 atom stereocenters. The van der Waals surface area contributed by atoms with E-state index in [0.717, 1.165) is 25.8 Å². The number of rotatable bonds is 8. The van der Waals surface area contributed by atoms with Gasteiger partial charge in [0, 0.05) is 12.3 Å². The fourth-order valence-corrected chi connectivity index (χ4v) is 3.88. The number of likely N-dealkylation sites (tertiary alicyclic amines) is 1. The molecule has 158 valence electrons. The second-order valence-electron chi connectivity index (χ2n) is 7.65. The normalized spacial score (nSPS) is 24.1. The van der Waals surface area contributed by atoms with E-state index in [0.29, 0.717) is 13.0 Å². The molecule has 0 aromatic rings. The van der Waals surface area contributed by atoms with Crippen molar-refractivity contribution in [2.75, 3.05) is 18.8 Å². The molecular formula is C18H30N4O5S. The quantitative estimate of drug-likeness (QED) is 0.337. The van der Waals surface area contributed by atoms with Crippen LogP contribution < -0.4 is 16.0 Å². The zero-order valence-electron chi connectivity index (χ0n) is 16.3. The van der Waals surface area contributed by atoms with Crippen molar-refractivity contribution in [2.24, 2.45) is 5.92 Å². The van der Waals surface area contributed by atoms with Crippen molar-refractivity contribution in [3.05, 3.63) is 0 Å². The Labute approximate surface area is 170 Å². The molecule has 0 spiro atoms. The highest BCUT2D eigenvalue weighted by Crippen LogP contribution is 2.21. The highest BCUT2D eigenvalue weighted by molar-refractivity contribution is 7.80. The second kappa shape index (κ2) is 10.1. The molecule has 28 heavy (non-hydrogen) atoms. The van der Waals surface area contributed by atoms with Crippen LogP contribution in [0.3, 0.4) is 0 Å². The minimum Gasteiger partial charge on any atom is -0.480 e. The van der Waals surface area contributed by atoms with Gasteiger partial charge in [0.1, 0.15) is 18.1 Å². The van der Waals surface area contributed by atoms with Crippen LogP contribution in [0.4, 0.5) is 0 Å². The summed E-state index contributed by atoms with van der Waals surface area (Å²) in [5.74, 6) is -2.51. The van der Waals surface area contributed by atoms with Crippen LogP contribution in [0.1, 0.15) is 39.5 Å². The van der Waals surface area contributed by atoms with Crippen LogP contribution in [0.5, 0.6) is 0 Å². The first kappa shape index (κ1) is 22.5. The molecule has 2 aliphatic heterocycles. The number of amides is 3. The fourth-order valence-electron chi connectivity index (χ4n) is 3.63. The smallest absolute Gasteiger partial charge is 0.327 e. The van der Waals surface area contributed by atoms with Crippen LogP contribution in [-0.4, -0.2) is 76.7 Å². The average Bonchev–Trinajstić information content (AvgIpc) is 3.34. The van der Waals surface area contributed by atoms with Gasteiger partial charge in [-0.15, -0.1) is 0 Å². The third-order valence-corrected chi connectivity index (χ3v) is 5.61. The summed E-state index contributed by atoms with van der Waals surface area (Å²) in [5, 5.41) is 17.4. The van der Waals surface area contributed by atoms with Crippen molar-refractivity contribution < 1.29 is 24.3 Å². The minimum absolute atomic E-state index is 0.0564. The summed E-state index contributed by atoms with van der Waals surface area (Å²) in [6, 6.07) is -2.88. The van der Waals surface area contributed by atoms with E-state index in [1.54, 1.807) is 18.7 Å². The van der Waals surface area contributed by atoms with E-state index < -0.39 is 30.0 Å². The Hall–Kier alpha value is -1.81. The van der Waals surface area contributed by atoms with Crippen LogP contribution in [0.25, 0.3) is 0 Å². The summed E-state index contributed by atoms with van der Waals surface area (Å²) in [5.41, 5.74) is 0. The maximum atomic E-state index is 12.8. The summed E-state index contributed by atoms with van der Waals surface area (Å²) in [6.45, 7) is 4.85. The summed E-state index contributed by atoms with van der Waals surface area (Å²) in [6.07, 6.45) is 2.98. The Bertz CT molecular complexity index is 609. The van der Waals surface area contributed by atoms with Gasteiger partial charge in [0.15, 0.2) is 0 Å². The molecule has 2 rings (SSSR count). The first-order chi connectivity index (χ1) is 13.3. The predicted octanol–water partition coefficient (Wildman–Crippen LogP) is -0.631. The van der Waals surface area contributed by atoms with Crippen molar-refractivity contribution in [1.82, 2.24) is 20.9 Å². The number of hydrogen-bond acceptors (Lipinski definition) is 6. The largest absolute Gasteiger partial charge is 0.480 e. The van der Waals surface area contributed by atoms with E-state index in [1.165, 1.54) is 0 Å². The zero-order valence-corrected chi connectivity index (χ0v) is 17.2. The van der Waals surface area contributed by atoms with E-state index in [1.807, 2.05) is 0 Å². The van der Waals surface area contributed by atoms with E-state index >= 15 is 0 Å². The molecule has 4 N–H and O–H groups in total. The molecule has 4 unspecified atom stereocenters. The summed E-state index contributed by atoms with van der Waals surface area (Å²) >= 11 is 3.93. The van der Waals surface area contributed by atoms with Gasteiger partial charge >= 0.3 is 5.97 Å². The molecule has 2 saturated heterocycles. The van der Waals surface area contributed by atoms with E-state index in [2.05, 4.69) is 28.6 Å². The van der Waals surface area contributed by atoms with Crippen LogP contribution in [0, 0.1) is 5.92 Å². The van der Waals surface area contributed by atoms with Crippen molar-refractivity contribution in [3.8, 4) is 0 Å². The average molecular weight is 415 g/mol. The van der Waals surface area contributed by atoms with Crippen LogP contribution in [0.2, 0.25) is 0 Å². The molecule has 2 aliphatic rings. The Kier molecular flexibility index (Phi) is 8.11. The van der Waals surface area contributed by atoms with Gasteiger partial charge in [-0.05, 0) is 38.1 Å². The molecule has 0 bridgehead atoms. The first-order valence-electron chi connectivity index (χ1n) is 9.74. The monoisotopic (exact) mass is 414 g/mol. The lowest BCUT2D eigenvalue weighted by Crippen LogP contribution is -2.58. The van der Waals surface area contributed by atoms with E-state index in [9.17, 15) is 19.2 Å². The number of carbonyl (C=O) groups is 4. The highest BCUT2D eigenvalue weighted by atomic mass is 32.1. The van der Waals surface area contributed by atoms with Crippen LogP contribution in [0.15, 0.2) is 0 Å². The molecule has 2 fully saturated rings. The number of aliphatic carboxylic acids is 1. The van der Waals surface area contributed by atoms with Gasteiger partial charge in [0.25, 0.3) is 0 Å². The van der Waals surface area contributed by atoms with Crippen LogP contribution in [-0.2, 0) is 19.2 Å². The summed E-state index contributed by atoms with van der Waals surface area (Å²) in [4.78, 5) is 50.8. The SMILES string of the molecule is CC(C)C(NC(=O)C1CCCN1C(=O)C1CCCN1)C(=O)NC(CS)C(=O)O. The maximum absolute atomic E-state index is 12.8. The first-order valence-corrected chi connectivity index (χ1v) is 10.4. The lowest BCUT2D eigenvalue weighted by atomic mass is 10.0. The van der Waals surface area contributed by atoms with E-state index in [4.69, 9.17) is 5.11 Å². The van der Waals surface area contributed by atoms with Gasteiger partial charge in [-0.1, -0.05) is 13.8 Å². The van der Waals surface area contributed by atoms with Crippen LogP contribution >= 0.6 is 12.6 Å². The Balaban J connectivity index is 2.03. The molecule has 0 aromatic heterocycles.